The quantitative estimate of drug-likeness (QED) is 0.695. The Kier molecular flexibility index (Phi) is 5.33. The summed E-state index contributed by atoms with van der Waals surface area (Å²) in [6.45, 7) is 5.45. The van der Waals surface area contributed by atoms with Crippen LogP contribution in [0.25, 0.3) is 0 Å². The molecule has 2 atom stereocenters. The third-order valence-corrected chi connectivity index (χ3v) is 4.80. The highest BCUT2D eigenvalue weighted by atomic mass is 16.5. The molecule has 27 heavy (non-hydrogen) atoms. The summed E-state index contributed by atoms with van der Waals surface area (Å²) in [5.41, 5.74) is 1.81. The SMILES string of the molecule is Cc1nc(N2CCOCC2)ncc1C1CC(=O)NC(NCc2ccco2)N1. The molecule has 0 bridgehead atoms. The number of carbonyl (C=O) groups is 1. The molecular formula is C18H24N6O3. The van der Waals surface area contributed by atoms with E-state index in [4.69, 9.17) is 9.15 Å². The molecule has 0 aliphatic carbocycles. The van der Waals surface area contributed by atoms with Gasteiger partial charge in [-0.2, -0.15) is 0 Å². The van der Waals surface area contributed by atoms with E-state index in [0.29, 0.717) is 32.1 Å². The van der Waals surface area contributed by atoms with Crippen molar-refractivity contribution in [3.8, 4) is 0 Å². The first-order valence-electron chi connectivity index (χ1n) is 9.16. The fraction of sp³-hybridized carbons (Fsp3) is 0.500. The van der Waals surface area contributed by atoms with Gasteiger partial charge in [0.05, 0.1) is 26.0 Å². The van der Waals surface area contributed by atoms with Crippen molar-refractivity contribution in [2.24, 2.45) is 0 Å². The molecule has 4 rings (SSSR count). The summed E-state index contributed by atoms with van der Waals surface area (Å²) < 4.78 is 10.7. The van der Waals surface area contributed by atoms with E-state index in [1.807, 2.05) is 25.3 Å². The zero-order valence-electron chi connectivity index (χ0n) is 15.3. The van der Waals surface area contributed by atoms with Crippen LogP contribution < -0.4 is 20.9 Å². The Labute approximate surface area is 157 Å². The fourth-order valence-electron chi connectivity index (χ4n) is 3.35. The van der Waals surface area contributed by atoms with Gasteiger partial charge in [-0.3, -0.25) is 15.4 Å². The van der Waals surface area contributed by atoms with Gasteiger partial charge < -0.3 is 19.4 Å². The molecule has 9 nitrogen and oxygen atoms in total. The third-order valence-electron chi connectivity index (χ3n) is 4.80. The number of ether oxygens (including phenoxy) is 1. The van der Waals surface area contributed by atoms with Crippen LogP contribution >= 0.6 is 0 Å². The van der Waals surface area contributed by atoms with Crippen molar-refractivity contribution < 1.29 is 13.9 Å². The molecule has 4 heterocycles. The molecule has 2 aliphatic heterocycles. The van der Waals surface area contributed by atoms with Crippen molar-refractivity contribution in [3.63, 3.8) is 0 Å². The Hall–Kier alpha value is -2.49. The van der Waals surface area contributed by atoms with Crippen molar-refractivity contribution >= 4 is 11.9 Å². The first-order chi connectivity index (χ1) is 13.2. The summed E-state index contributed by atoms with van der Waals surface area (Å²) >= 11 is 0. The number of morpholine rings is 1. The summed E-state index contributed by atoms with van der Waals surface area (Å²) in [6, 6.07) is 3.58. The molecule has 9 heteroatoms. The average molecular weight is 372 g/mol. The van der Waals surface area contributed by atoms with Gasteiger partial charge in [0, 0.05) is 43.0 Å². The second kappa shape index (κ2) is 8.03. The molecule has 0 radical (unpaired) electrons. The standard InChI is InChI=1S/C18H24N6O3/c1-12-14(11-20-18(21-12)24-4-7-26-8-5-24)15-9-16(25)23-17(22-15)19-10-13-3-2-6-27-13/h2-3,6,11,15,17,19,22H,4-5,7-10H2,1H3,(H,23,25). The van der Waals surface area contributed by atoms with E-state index in [9.17, 15) is 4.79 Å². The zero-order chi connectivity index (χ0) is 18.6. The zero-order valence-corrected chi connectivity index (χ0v) is 15.3. The number of carbonyl (C=O) groups excluding carboxylic acids is 1. The molecule has 144 valence electrons. The van der Waals surface area contributed by atoms with Crippen LogP contribution in [0.3, 0.4) is 0 Å². The van der Waals surface area contributed by atoms with Gasteiger partial charge in [0.1, 0.15) is 12.0 Å². The molecule has 1 amide bonds. The summed E-state index contributed by atoms with van der Waals surface area (Å²) in [5, 5.41) is 9.54. The lowest BCUT2D eigenvalue weighted by Gasteiger charge is -2.33. The minimum atomic E-state index is -0.348. The van der Waals surface area contributed by atoms with Crippen molar-refractivity contribution in [2.45, 2.75) is 32.2 Å². The van der Waals surface area contributed by atoms with Crippen molar-refractivity contribution in [2.75, 3.05) is 31.2 Å². The first kappa shape index (κ1) is 17.9. The van der Waals surface area contributed by atoms with Crippen LogP contribution in [0.2, 0.25) is 0 Å². The third kappa shape index (κ3) is 4.26. The van der Waals surface area contributed by atoms with Crippen molar-refractivity contribution in [1.82, 2.24) is 25.9 Å². The summed E-state index contributed by atoms with van der Waals surface area (Å²) in [7, 11) is 0. The van der Waals surface area contributed by atoms with Gasteiger partial charge in [-0.1, -0.05) is 0 Å². The van der Waals surface area contributed by atoms with Crippen molar-refractivity contribution in [3.05, 3.63) is 41.6 Å². The largest absolute Gasteiger partial charge is 0.468 e. The Bertz CT molecular complexity index is 775. The predicted octanol–water partition coefficient (Wildman–Crippen LogP) is 0.439. The van der Waals surface area contributed by atoms with E-state index in [1.54, 1.807) is 6.26 Å². The number of nitrogens with zero attached hydrogens (tertiary/aromatic N) is 3. The number of nitrogens with one attached hydrogen (secondary N) is 3. The Balaban J connectivity index is 1.44. The molecule has 2 saturated heterocycles. The van der Waals surface area contributed by atoms with E-state index in [2.05, 4.69) is 30.8 Å². The van der Waals surface area contributed by atoms with E-state index >= 15 is 0 Å². The van der Waals surface area contributed by atoms with E-state index in [0.717, 1.165) is 30.1 Å². The number of amides is 1. The fourth-order valence-corrected chi connectivity index (χ4v) is 3.35. The molecule has 2 aromatic rings. The highest BCUT2D eigenvalue weighted by molar-refractivity contribution is 5.78. The second-order valence-electron chi connectivity index (χ2n) is 6.69. The number of furan rings is 1. The predicted molar refractivity (Wildman–Crippen MR) is 97.8 cm³/mol. The topological polar surface area (TPSA) is 105 Å². The molecule has 3 N–H and O–H groups in total. The number of rotatable bonds is 5. The maximum Gasteiger partial charge on any atom is 0.225 e. The minimum absolute atomic E-state index is 0.0210. The summed E-state index contributed by atoms with van der Waals surface area (Å²) in [4.78, 5) is 23.5. The molecule has 2 unspecified atom stereocenters. The van der Waals surface area contributed by atoms with Gasteiger partial charge in [-0.05, 0) is 19.1 Å². The molecule has 0 saturated carbocycles. The van der Waals surface area contributed by atoms with Crippen LogP contribution in [0.5, 0.6) is 0 Å². The molecule has 0 aromatic carbocycles. The van der Waals surface area contributed by atoms with E-state index < -0.39 is 0 Å². The Morgan fingerprint density at radius 3 is 2.96 bits per heavy atom. The van der Waals surface area contributed by atoms with Gasteiger partial charge in [0.2, 0.25) is 11.9 Å². The number of hydrogen-bond acceptors (Lipinski definition) is 8. The van der Waals surface area contributed by atoms with Crippen LogP contribution in [0, 0.1) is 6.92 Å². The second-order valence-corrected chi connectivity index (χ2v) is 6.69. The lowest BCUT2D eigenvalue weighted by Crippen LogP contribution is -2.59. The first-order valence-corrected chi connectivity index (χ1v) is 9.16. The van der Waals surface area contributed by atoms with E-state index in [-0.39, 0.29) is 18.2 Å². The number of aryl methyl sites for hydroxylation is 1. The maximum atomic E-state index is 12.2. The van der Waals surface area contributed by atoms with Gasteiger partial charge in [-0.25, -0.2) is 9.97 Å². The maximum absolute atomic E-state index is 12.2. The van der Waals surface area contributed by atoms with Crippen LogP contribution in [0.1, 0.15) is 29.5 Å². The number of aromatic nitrogens is 2. The number of anilines is 1. The molecule has 2 aliphatic rings. The van der Waals surface area contributed by atoms with Crippen LogP contribution in [-0.2, 0) is 16.1 Å². The number of hydrogen-bond donors (Lipinski definition) is 3. The van der Waals surface area contributed by atoms with Crippen LogP contribution in [-0.4, -0.2) is 48.5 Å². The van der Waals surface area contributed by atoms with Crippen LogP contribution in [0.15, 0.2) is 29.0 Å². The molecule has 0 spiro atoms. The van der Waals surface area contributed by atoms with Gasteiger partial charge in [0.25, 0.3) is 0 Å². The van der Waals surface area contributed by atoms with Gasteiger partial charge in [-0.15, -0.1) is 0 Å². The smallest absolute Gasteiger partial charge is 0.225 e. The summed E-state index contributed by atoms with van der Waals surface area (Å²) in [6.07, 6.45) is 3.45. The lowest BCUT2D eigenvalue weighted by molar-refractivity contribution is -0.125. The molecule has 2 fully saturated rings. The molecule has 2 aromatic heterocycles. The highest BCUT2D eigenvalue weighted by Gasteiger charge is 2.28. The van der Waals surface area contributed by atoms with Crippen LogP contribution in [0.4, 0.5) is 5.95 Å². The average Bonchev–Trinajstić information content (AvgIpc) is 3.20. The molecular weight excluding hydrogens is 348 g/mol. The van der Waals surface area contributed by atoms with Gasteiger partial charge in [0.15, 0.2) is 0 Å². The van der Waals surface area contributed by atoms with Crippen molar-refractivity contribution in [1.29, 1.82) is 0 Å². The normalized spacial score (nSPS) is 23.3. The lowest BCUT2D eigenvalue weighted by atomic mass is 10.0. The Morgan fingerprint density at radius 1 is 1.37 bits per heavy atom. The summed E-state index contributed by atoms with van der Waals surface area (Å²) in [5.74, 6) is 1.50. The van der Waals surface area contributed by atoms with E-state index in [1.165, 1.54) is 0 Å². The minimum Gasteiger partial charge on any atom is -0.468 e. The highest BCUT2D eigenvalue weighted by Crippen LogP contribution is 2.23. The monoisotopic (exact) mass is 372 g/mol. The van der Waals surface area contributed by atoms with Gasteiger partial charge >= 0.3 is 0 Å². The Morgan fingerprint density at radius 2 is 2.22 bits per heavy atom.